The molecule has 1 nitrogen and oxygen atoms in total. The molecule has 9 rings (SSSR count). The van der Waals surface area contributed by atoms with Crippen LogP contribution in [0.1, 0.15) is 22.3 Å². The SMILES string of the molecule is c1ccc2c(c1)-c1cc3ccccc3cc1C21c2ccc3ccccc3c2Oc2c1ccc1ccccc21. The lowest BCUT2D eigenvalue weighted by Gasteiger charge is -2.40. The Morgan fingerprint density at radius 1 is 0.368 bits per heavy atom. The van der Waals surface area contributed by atoms with Crippen LogP contribution in [0.5, 0.6) is 11.5 Å². The van der Waals surface area contributed by atoms with Crippen molar-refractivity contribution in [2.24, 2.45) is 0 Å². The van der Waals surface area contributed by atoms with Gasteiger partial charge in [-0.25, -0.2) is 0 Å². The largest absolute Gasteiger partial charge is 0.455 e. The first-order chi connectivity index (χ1) is 18.8. The van der Waals surface area contributed by atoms with E-state index in [1.54, 1.807) is 0 Å². The summed E-state index contributed by atoms with van der Waals surface area (Å²) in [6.45, 7) is 0. The molecule has 0 saturated heterocycles. The number of fused-ring (bicyclic) bond motifs is 14. The third kappa shape index (κ3) is 2.37. The molecule has 7 aromatic carbocycles. The third-order valence-corrected chi connectivity index (χ3v) is 8.68. The Kier molecular flexibility index (Phi) is 3.78. The molecule has 0 fully saturated rings. The van der Waals surface area contributed by atoms with Crippen molar-refractivity contribution in [3.8, 4) is 22.6 Å². The van der Waals surface area contributed by atoms with Gasteiger partial charge >= 0.3 is 0 Å². The summed E-state index contributed by atoms with van der Waals surface area (Å²) in [5.74, 6) is 1.92. The fourth-order valence-corrected chi connectivity index (χ4v) is 7.09. The smallest absolute Gasteiger partial charge is 0.140 e. The average molecular weight is 483 g/mol. The van der Waals surface area contributed by atoms with E-state index in [4.69, 9.17) is 4.74 Å². The first kappa shape index (κ1) is 20.2. The Morgan fingerprint density at radius 2 is 0.895 bits per heavy atom. The van der Waals surface area contributed by atoms with Gasteiger partial charge in [0.25, 0.3) is 0 Å². The normalized spacial score (nSPS) is 14.2. The molecule has 1 aliphatic heterocycles. The molecule has 0 atom stereocenters. The van der Waals surface area contributed by atoms with E-state index in [0.717, 1.165) is 22.3 Å². The first-order valence-corrected chi connectivity index (χ1v) is 13.2. The molecule has 38 heavy (non-hydrogen) atoms. The molecule has 0 radical (unpaired) electrons. The summed E-state index contributed by atoms with van der Waals surface area (Å²) in [5.41, 5.74) is 7.19. The highest BCUT2D eigenvalue weighted by Crippen LogP contribution is 2.64. The molecule has 7 aromatic rings. The zero-order chi connectivity index (χ0) is 24.8. The van der Waals surface area contributed by atoms with Crippen molar-refractivity contribution in [2.75, 3.05) is 0 Å². The molecule has 1 aliphatic carbocycles. The van der Waals surface area contributed by atoms with Crippen molar-refractivity contribution in [1.29, 1.82) is 0 Å². The highest BCUT2D eigenvalue weighted by molar-refractivity contribution is 6.02. The summed E-state index contributed by atoms with van der Waals surface area (Å²) >= 11 is 0. The molecular formula is C37H22O. The zero-order valence-electron chi connectivity index (χ0n) is 20.6. The van der Waals surface area contributed by atoms with Crippen molar-refractivity contribution < 1.29 is 4.74 Å². The molecule has 1 spiro atoms. The zero-order valence-corrected chi connectivity index (χ0v) is 20.6. The van der Waals surface area contributed by atoms with Gasteiger partial charge in [0.2, 0.25) is 0 Å². The van der Waals surface area contributed by atoms with E-state index in [-0.39, 0.29) is 0 Å². The van der Waals surface area contributed by atoms with Gasteiger partial charge in [0.15, 0.2) is 0 Å². The van der Waals surface area contributed by atoms with E-state index in [1.165, 1.54) is 54.9 Å². The monoisotopic (exact) mass is 482 g/mol. The van der Waals surface area contributed by atoms with Crippen LogP contribution in [-0.2, 0) is 5.41 Å². The molecule has 176 valence electrons. The summed E-state index contributed by atoms with van der Waals surface area (Å²) in [5, 5.41) is 7.20. The van der Waals surface area contributed by atoms with Crippen molar-refractivity contribution in [3.05, 3.63) is 156 Å². The van der Waals surface area contributed by atoms with E-state index >= 15 is 0 Å². The maximum atomic E-state index is 7.01. The molecule has 1 heteroatoms. The fraction of sp³-hybridized carbons (Fsp3) is 0.0270. The predicted molar refractivity (Wildman–Crippen MR) is 156 cm³/mol. The van der Waals surface area contributed by atoms with Crippen LogP contribution >= 0.6 is 0 Å². The van der Waals surface area contributed by atoms with E-state index in [9.17, 15) is 0 Å². The summed E-state index contributed by atoms with van der Waals surface area (Å²) in [7, 11) is 0. The van der Waals surface area contributed by atoms with Gasteiger partial charge in [-0.1, -0.05) is 121 Å². The number of hydrogen-bond acceptors (Lipinski definition) is 1. The van der Waals surface area contributed by atoms with Gasteiger partial charge in [-0.3, -0.25) is 0 Å². The summed E-state index contributed by atoms with van der Waals surface area (Å²) in [6.07, 6.45) is 0. The highest BCUT2D eigenvalue weighted by Gasteiger charge is 2.51. The van der Waals surface area contributed by atoms with E-state index in [0.29, 0.717) is 0 Å². The van der Waals surface area contributed by atoms with Gasteiger partial charge < -0.3 is 4.74 Å². The lowest BCUT2D eigenvalue weighted by Crippen LogP contribution is -2.32. The van der Waals surface area contributed by atoms with Gasteiger partial charge in [-0.05, 0) is 55.9 Å². The van der Waals surface area contributed by atoms with E-state index < -0.39 is 5.41 Å². The summed E-state index contributed by atoms with van der Waals surface area (Å²) < 4.78 is 7.01. The second-order valence-corrected chi connectivity index (χ2v) is 10.5. The van der Waals surface area contributed by atoms with Crippen molar-refractivity contribution >= 4 is 32.3 Å². The molecule has 0 N–H and O–H groups in total. The van der Waals surface area contributed by atoms with Gasteiger partial charge in [0.05, 0.1) is 5.41 Å². The summed E-state index contributed by atoms with van der Waals surface area (Å²) in [6, 6.07) is 48.8. The number of hydrogen-bond donors (Lipinski definition) is 0. The highest BCUT2D eigenvalue weighted by atomic mass is 16.5. The molecule has 0 bridgehead atoms. The number of rotatable bonds is 0. The van der Waals surface area contributed by atoms with Gasteiger partial charge in [-0.15, -0.1) is 0 Å². The minimum atomic E-state index is -0.479. The maximum Gasteiger partial charge on any atom is 0.140 e. The molecule has 0 aromatic heterocycles. The van der Waals surface area contributed by atoms with Crippen LogP contribution in [0, 0.1) is 0 Å². The Bertz CT molecular complexity index is 2030. The molecular weight excluding hydrogens is 460 g/mol. The van der Waals surface area contributed by atoms with Crippen LogP contribution in [0.25, 0.3) is 43.4 Å². The van der Waals surface area contributed by atoms with Crippen molar-refractivity contribution in [1.82, 2.24) is 0 Å². The first-order valence-electron chi connectivity index (χ1n) is 13.2. The number of benzene rings is 7. The van der Waals surface area contributed by atoms with Crippen LogP contribution in [0.15, 0.2) is 133 Å². The second kappa shape index (κ2) is 7.12. The Morgan fingerprint density at radius 3 is 1.55 bits per heavy atom. The van der Waals surface area contributed by atoms with E-state index in [2.05, 4.69) is 133 Å². The Labute approximate surface area is 220 Å². The van der Waals surface area contributed by atoms with E-state index in [1.807, 2.05) is 0 Å². The summed E-state index contributed by atoms with van der Waals surface area (Å²) in [4.78, 5) is 0. The Hall–Kier alpha value is -4.88. The fourth-order valence-electron chi connectivity index (χ4n) is 7.09. The quantitative estimate of drug-likeness (QED) is 0.209. The molecule has 1 heterocycles. The standard InChI is InChI=1S/C37H22O/c1-2-12-26-22-34-30(21-25(26)11-1)29-15-7-8-16-31(29)37(34)32-19-17-23-9-3-5-13-27(23)35(32)38-36-28-14-6-4-10-24(28)18-20-33(36)37/h1-22H. The maximum absolute atomic E-state index is 7.01. The van der Waals surface area contributed by atoms with Crippen molar-refractivity contribution in [2.45, 2.75) is 5.41 Å². The van der Waals surface area contributed by atoms with Crippen LogP contribution in [-0.4, -0.2) is 0 Å². The molecule has 0 saturated carbocycles. The van der Waals surface area contributed by atoms with Crippen LogP contribution in [0.2, 0.25) is 0 Å². The topological polar surface area (TPSA) is 9.23 Å². The van der Waals surface area contributed by atoms with Crippen LogP contribution < -0.4 is 4.74 Å². The third-order valence-electron chi connectivity index (χ3n) is 8.68. The van der Waals surface area contributed by atoms with Crippen LogP contribution in [0.4, 0.5) is 0 Å². The predicted octanol–water partition coefficient (Wildman–Crippen LogP) is 9.61. The average Bonchev–Trinajstić information content (AvgIpc) is 3.26. The van der Waals surface area contributed by atoms with Crippen LogP contribution in [0.3, 0.4) is 0 Å². The minimum absolute atomic E-state index is 0.479. The molecule has 2 aliphatic rings. The second-order valence-electron chi connectivity index (χ2n) is 10.5. The Balaban J connectivity index is 1.54. The van der Waals surface area contributed by atoms with Crippen molar-refractivity contribution in [3.63, 3.8) is 0 Å². The lowest BCUT2D eigenvalue weighted by atomic mass is 9.65. The van der Waals surface area contributed by atoms with Gasteiger partial charge in [-0.2, -0.15) is 0 Å². The molecule has 0 unspecified atom stereocenters. The van der Waals surface area contributed by atoms with Gasteiger partial charge in [0, 0.05) is 21.9 Å². The molecule has 0 amide bonds. The van der Waals surface area contributed by atoms with Gasteiger partial charge in [0.1, 0.15) is 11.5 Å². The lowest BCUT2D eigenvalue weighted by molar-refractivity contribution is 0.447. The minimum Gasteiger partial charge on any atom is -0.455 e. The number of ether oxygens (including phenoxy) is 1.